The second-order valence-electron chi connectivity index (χ2n) is 5.32. The Morgan fingerprint density at radius 1 is 1.22 bits per heavy atom. The Labute approximate surface area is 135 Å². The van der Waals surface area contributed by atoms with Gasteiger partial charge in [-0.1, -0.05) is 18.2 Å². The summed E-state index contributed by atoms with van der Waals surface area (Å²) < 4.78 is 10.8. The quantitative estimate of drug-likeness (QED) is 0.876. The summed E-state index contributed by atoms with van der Waals surface area (Å²) in [7, 11) is 1.59. The Bertz CT molecular complexity index is 790. The van der Waals surface area contributed by atoms with Crippen molar-refractivity contribution in [3.63, 3.8) is 0 Å². The molecular formula is C19H18O4. The van der Waals surface area contributed by atoms with Gasteiger partial charge in [0.25, 0.3) is 0 Å². The van der Waals surface area contributed by atoms with Gasteiger partial charge in [0.2, 0.25) is 0 Å². The Kier molecular flexibility index (Phi) is 4.06. The second-order valence-corrected chi connectivity index (χ2v) is 5.32. The van der Waals surface area contributed by atoms with E-state index in [2.05, 4.69) is 0 Å². The summed E-state index contributed by atoms with van der Waals surface area (Å²) >= 11 is 0. The van der Waals surface area contributed by atoms with Gasteiger partial charge < -0.3 is 14.6 Å². The molecule has 0 saturated heterocycles. The third kappa shape index (κ3) is 2.80. The van der Waals surface area contributed by atoms with Crippen molar-refractivity contribution in [2.75, 3.05) is 13.7 Å². The van der Waals surface area contributed by atoms with Crippen molar-refractivity contribution in [3.05, 3.63) is 58.7 Å². The maximum Gasteiger partial charge on any atom is 0.189 e. The second kappa shape index (κ2) is 6.16. The van der Waals surface area contributed by atoms with Crippen molar-refractivity contribution in [3.8, 4) is 17.2 Å². The molecule has 0 unspecified atom stereocenters. The summed E-state index contributed by atoms with van der Waals surface area (Å²) in [5, 5.41) is 9.89. The number of hydrogen-bond donors (Lipinski definition) is 1. The van der Waals surface area contributed by atoms with Gasteiger partial charge in [0.05, 0.1) is 13.7 Å². The van der Waals surface area contributed by atoms with Crippen LogP contribution < -0.4 is 9.47 Å². The number of phenols is 1. The lowest BCUT2D eigenvalue weighted by Crippen LogP contribution is -1.97. The van der Waals surface area contributed by atoms with Crippen LogP contribution in [0.1, 0.15) is 28.4 Å². The van der Waals surface area contributed by atoms with Crippen LogP contribution in [0, 0.1) is 0 Å². The molecule has 1 N–H and O–H groups in total. The van der Waals surface area contributed by atoms with E-state index in [1.54, 1.807) is 25.3 Å². The minimum absolute atomic E-state index is 0.0382. The maximum atomic E-state index is 12.4. The Morgan fingerprint density at radius 2 is 2.04 bits per heavy atom. The number of rotatable bonds is 4. The average molecular weight is 310 g/mol. The molecule has 0 atom stereocenters. The van der Waals surface area contributed by atoms with E-state index in [0.717, 1.165) is 5.56 Å². The monoisotopic (exact) mass is 310 g/mol. The molecule has 1 aliphatic carbocycles. The normalized spacial score (nSPS) is 14.9. The van der Waals surface area contributed by atoms with Gasteiger partial charge in [-0.3, -0.25) is 4.79 Å². The highest BCUT2D eigenvalue weighted by atomic mass is 16.5. The number of fused-ring (bicyclic) bond motifs is 1. The van der Waals surface area contributed by atoms with E-state index >= 15 is 0 Å². The van der Waals surface area contributed by atoms with Crippen molar-refractivity contribution < 1.29 is 19.4 Å². The van der Waals surface area contributed by atoms with Gasteiger partial charge in [-0.25, -0.2) is 0 Å². The summed E-state index contributed by atoms with van der Waals surface area (Å²) in [5.74, 6) is 1.44. The zero-order valence-electron chi connectivity index (χ0n) is 13.1. The molecule has 0 saturated carbocycles. The van der Waals surface area contributed by atoms with Crippen LogP contribution in [0.2, 0.25) is 0 Å². The zero-order chi connectivity index (χ0) is 16.4. The van der Waals surface area contributed by atoms with E-state index in [1.165, 1.54) is 0 Å². The number of aromatic hydroxyl groups is 1. The Hall–Kier alpha value is -2.75. The van der Waals surface area contributed by atoms with E-state index in [9.17, 15) is 9.90 Å². The number of hydrogen-bond acceptors (Lipinski definition) is 4. The van der Waals surface area contributed by atoms with Gasteiger partial charge in [0.15, 0.2) is 17.3 Å². The number of benzene rings is 2. The molecular weight excluding hydrogens is 292 g/mol. The van der Waals surface area contributed by atoms with Crippen molar-refractivity contribution in [1.29, 1.82) is 0 Å². The smallest absolute Gasteiger partial charge is 0.189 e. The van der Waals surface area contributed by atoms with Gasteiger partial charge in [0.1, 0.15) is 5.75 Å². The minimum Gasteiger partial charge on any atom is -0.508 e. The fourth-order valence-electron chi connectivity index (χ4n) is 2.78. The van der Waals surface area contributed by atoms with Crippen LogP contribution in [0.25, 0.3) is 6.08 Å². The topological polar surface area (TPSA) is 55.8 Å². The predicted molar refractivity (Wildman–Crippen MR) is 88.3 cm³/mol. The van der Waals surface area contributed by atoms with Crippen molar-refractivity contribution in [2.24, 2.45) is 0 Å². The SMILES string of the molecule is CCOc1ccc(C=C2Cc3c(O)cccc3C2=O)cc1OC. The van der Waals surface area contributed by atoms with E-state index in [-0.39, 0.29) is 11.5 Å². The lowest BCUT2D eigenvalue weighted by atomic mass is 10.1. The number of methoxy groups -OCH3 is 1. The molecule has 0 fully saturated rings. The van der Waals surface area contributed by atoms with E-state index in [1.807, 2.05) is 31.2 Å². The number of carbonyl (C=O) groups excluding carboxylic acids is 1. The third-order valence-corrected chi connectivity index (χ3v) is 3.88. The van der Waals surface area contributed by atoms with Gasteiger partial charge in [-0.15, -0.1) is 0 Å². The molecule has 4 nitrogen and oxygen atoms in total. The fourth-order valence-corrected chi connectivity index (χ4v) is 2.78. The van der Waals surface area contributed by atoms with Crippen LogP contribution in [-0.4, -0.2) is 24.6 Å². The fraction of sp³-hybridized carbons (Fsp3) is 0.211. The largest absolute Gasteiger partial charge is 0.508 e. The Balaban J connectivity index is 1.94. The van der Waals surface area contributed by atoms with Crippen molar-refractivity contribution in [1.82, 2.24) is 0 Å². The van der Waals surface area contributed by atoms with E-state index in [0.29, 0.717) is 41.2 Å². The van der Waals surface area contributed by atoms with E-state index in [4.69, 9.17) is 9.47 Å². The zero-order valence-corrected chi connectivity index (χ0v) is 13.1. The molecule has 118 valence electrons. The van der Waals surface area contributed by atoms with Crippen LogP contribution in [-0.2, 0) is 6.42 Å². The molecule has 3 rings (SSSR count). The summed E-state index contributed by atoms with van der Waals surface area (Å²) in [6, 6.07) is 10.6. The minimum atomic E-state index is -0.0382. The first-order valence-corrected chi connectivity index (χ1v) is 7.51. The molecule has 0 spiro atoms. The summed E-state index contributed by atoms with van der Waals surface area (Å²) in [4.78, 5) is 12.4. The molecule has 0 aliphatic heterocycles. The number of ether oxygens (including phenoxy) is 2. The number of allylic oxidation sites excluding steroid dienone is 1. The van der Waals surface area contributed by atoms with Crippen LogP contribution in [0.15, 0.2) is 42.0 Å². The summed E-state index contributed by atoms with van der Waals surface area (Å²) in [6.07, 6.45) is 2.27. The molecule has 0 heterocycles. The molecule has 1 aliphatic rings. The number of ketones is 1. The summed E-state index contributed by atoms with van der Waals surface area (Å²) in [5.41, 5.74) is 2.80. The molecule has 4 heteroatoms. The first kappa shape index (κ1) is 15.2. The molecule has 0 bridgehead atoms. The van der Waals surface area contributed by atoms with Crippen molar-refractivity contribution in [2.45, 2.75) is 13.3 Å². The molecule has 2 aromatic rings. The number of Topliss-reactive ketones (excluding diaryl/α,β-unsaturated/α-hetero) is 1. The highest BCUT2D eigenvalue weighted by molar-refractivity contribution is 6.16. The van der Waals surface area contributed by atoms with Crippen LogP contribution in [0.3, 0.4) is 0 Å². The Morgan fingerprint density at radius 3 is 2.74 bits per heavy atom. The van der Waals surface area contributed by atoms with Gasteiger partial charge in [-0.05, 0) is 36.8 Å². The standard InChI is InChI=1S/C19H18O4/c1-3-23-17-8-7-12(10-18(17)22-2)9-13-11-15-14(19(13)21)5-4-6-16(15)20/h4-10,20H,3,11H2,1-2H3. The van der Waals surface area contributed by atoms with Crippen LogP contribution in [0.4, 0.5) is 0 Å². The van der Waals surface area contributed by atoms with Gasteiger partial charge >= 0.3 is 0 Å². The third-order valence-electron chi connectivity index (χ3n) is 3.88. The number of phenolic OH excluding ortho intramolecular Hbond substituents is 1. The lowest BCUT2D eigenvalue weighted by molar-refractivity contribution is 0.104. The van der Waals surface area contributed by atoms with Crippen LogP contribution in [0.5, 0.6) is 17.2 Å². The highest BCUT2D eigenvalue weighted by Crippen LogP contribution is 2.35. The summed E-state index contributed by atoms with van der Waals surface area (Å²) in [6.45, 7) is 2.47. The lowest BCUT2D eigenvalue weighted by Gasteiger charge is -2.09. The molecule has 23 heavy (non-hydrogen) atoms. The van der Waals surface area contributed by atoms with E-state index < -0.39 is 0 Å². The molecule has 0 radical (unpaired) electrons. The predicted octanol–water partition coefficient (Wildman–Crippen LogP) is 3.62. The number of carbonyl (C=O) groups is 1. The first-order valence-electron chi connectivity index (χ1n) is 7.51. The molecule has 0 amide bonds. The van der Waals surface area contributed by atoms with Gasteiger partial charge in [0, 0.05) is 23.1 Å². The van der Waals surface area contributed by atoms with Crippen molar-refractivity contribution >= 4 is 11.9 Å². The molecule has 0 aromatic heterocycles. The van der Waals surface area contributed by atoms with Crippen LogP contribution >= 0.6 is 0 Å². The van der Waals surface area contributed by atoms with Gasteiger partial charge in [-0.2, -0.15) is 0 Å². The first-order chi connectivity index (χ1) is 11.1. The average Bonchev–Trinajstić information content (AvgIpc) is 2.87. The molecule has 2 aromatic carbocycles. The highest BCUT2D eigenvalue weighted by Gasteiger charge is 2.26. The maximum absolute atomic E-state index is 12.4.